The zero-order valence-electron chi connectivity index (χ0n) is 16.6. The predicted octanol–water partition coefficient (Wildman–Crippen LogP) is 3.60. The summed E-state index contributed by atoms with van der Waals surface area (Å²) in [4.78, 5) is 26.2. The quantitative estimate of drug-likeness (QED) is 0.632. The Morgan fingerprint density at radius 1 is 1.03 bits per heavy atom. The fourth-order valence-electron chi connectivity index (χ4n) is 3.29. The molecule has 1 unspecified atom stereocenters. The highest BCUT2D eigenvalue weighted by Gasteiger charge is 2.39. The van der Waals surface area contributed by atoms with Gasteiger partial charge in [-0.1, -0.05) is 17.7 Å². The van der Waals surface area contributed by atoms with Gasteiger partial charge in [-0.15, -0.1) is 0 Å². The van der Waals surface area contributed by atoms with Crippen LogP contribution < -0.4 is 19.7 Å². The van der Waals surface area contributed by atoms with Crippen LogP contribution in [-0.2, 0) is 16.0 Å². The van der Waals surface area contributed by atoms with E-state index in [2.05, 4.69) is 5.32 Å². The van der Waals surface area contributed by atoms with Gasteiger partial charge >= 0.3 is 0 Å². The second-order valence-electron chi connectivity index (χ2n) is 6.65. The molecule has 1 aliphatic heterocycles. The summed E-state index contributed by atoms with van der Waals surface area (Å²) in [7, 11) is 0. The zero-order valence-corrected chi connectivity index (χ0v) is 17.4. The molecule has 1 aliphatic rings. The summed E-state index contributed by atoms with van der Waals surface area (Å²) in [6, 6.07) is 12.0. The average molecular weight is 417 g/mol. The van der Waals surface area contributed by atoms with Gasteiger partial charge in [0.25, 0.3) is 5.91 Å². The third kappa shape index (κ3) is 5.08. The van der Waals surface area contributed by atoms with E-state index in [0.29, 0.717) is 42.6 Å². The molecule has 1 saturated heterocycles. The molecule has 0 bridgehead atoms. The summed E-state index contributed by atoms with van der Waals surface area (Å²) in [5, 5.41) is 3.76. The molecule has 1 fully saturated rings. The van der Waals surface area contributed by atoms with Gasteiger partial charge in [0.15, 0.2) is 11.5 Å². The predicted molar refractivity (Wildman–Crippen MR) is 113 cm³/mol. The Labute approximate surface area is 175 Å². The first-order valence-corrected chi connectivity index (χ1v) is 10.2. The number of ether oxygens (including phenoxy) is 2. The van der Waals surface area contributed by atoms with Gasteiger partial charge in [0.05, 0.1) is 31.4 Å². The van der Waals surface area contributed by atoms with Crippen molar-refractivity contribution in [1.29, 1.82) is 0 Å². The molecular weight excluding hydrogens is 392 g/mol. The SMILES string of the molecule is CCOc1ccc(CCNC2CC(=O)N(c3ccc(Cl)cc3)C2=O)cc1OCC. The number of nitrogens with zero attached hydrogens (tertiary/aromatic N) is 1. The maximum absolute atomic E-state index is 12.7. The minimum absolute atomic E-state index is 0.148. The van der Waals surface area contributed by atoms with E-state index < -0.39 is 6.04 Å². The van der Waals surface area contributed by atoms with E-state index in [1.165, 1.54) is 4.90 Å². The Bertz CT molecular complexity index is 870. The van der Waals surface area contributed by atoms with Gasteiger partial charge < -0.3 is 14.8 Å². The molecule has 1 N–H and O–H groups in total. The van der Waals surface area contributed by atoms with Crippen LogP contribution in [0.15, 0.2) is 42.5 Å². The minimum Gasteiger partial charge on any atom is -0.490 e. The average Bonchev–Trinajstić information content (AvgIpc) is 2.98. The van der Waals surface area contributed by atoms with E-state index in [9.17, 15) is 9.59 Å². The summed E-state index contributed by atoms with van der Waals surface area (Å²) in [6.45, 7) is 5.56. The van der Waals surface area contributed by atoms with Gasteiger partial charge in [-0.05, 0) is 68.8 Å². The number of anilines is 1. The number of halogens is 1. The largest absolute Gasteiger partial charge is 0.490 e. The molecule has 3 rings (SSSR count). The molecule has 2 amide bonds. The molecule has 0 spiro atoms. The van der Waals surface area contributed by atoms with Crippen LogP contribution in [-0.4, -0.2) is 37.6 Å². The minimum atomic E-state index is -0.521. The van der Waals surface area contributed by atoms with E-state index in [4.69, 9.17) is 21.1 Å². The number of hydrogen-bond donors (Lipinski definition) is 1. The lowest BCUT2D eigenvalue weighted by Crippen LogP contribution is -2.39. The van der Waals surface area contributed by atoms with Gasteiger partial charge in [-0.3, -0.25) is 9.59 Å². The molecule has 0 aliphatic carbocycles. The first-order chi connectivity index (χ1) is 14.0. The Morgan fingerprint density at radius 2 is 1.72 bits per heavy atom. The molecule has 1 atom stereocenters. The van der Waals surface area contributed by atoms with Crippen LogP contribution >= 0.6 is 11.6 Å². The molecule has 29 heavy (non-hydrogen) atoms. The summed E-state index contributed by atoms with van der Waals surface area (Å²) < 4.78 is 11.2. The number of rotatable bonds is 9. The summed E-state index contributed by atoms with van der Waals surface area (Å²) in [6.07, 6.45) is 0.848. The summed E-state index contributed by atoms with van der Waals surface area (Å²) in [5.74, 6) is 0.989. The molecule has 0 radical (unpaired) electrons. The topological polar surface area (TPSA) is 67.9 Å². The van der Waals surface area contributed by atoms with Crippen molar-refractivity contribution in [3.8, 4) is 11.5 Å². The van der Waals surface area contributed by atoms with E-state index >= 15 is 0 Å². The maximum Gasteiger partial charge on any atom is 0.251 e. The lowest BCUT2D eigenvalue weighted by atomic mass is 10.1. The van der Waals surface area contributed by atoms with Gasteiger partial charge in [-0.25, -0.2) is 4.90 Å². The van der Waals surface area contributed by atoms with Gasteiger partial charge in [-0.2, -0.15) is 0 Å². The van der Waals surface area contributed by atoms with Crippen molar-refractivity contribution in [3.05, 3.63) is 53.1 Å². The molecule has 1 heterocycles. The Kier molecular flexibility index (Phi) is 7.12. The van der Waals surface area contributed by atoms with Gasteiger partial charge in [0, 0.05) is 5.02 Å². The molecular formula is C22H25ClN2O4. The monoisotopic (exact) mass is 416 g/mol. The van der Waals surface area contributed by atoms with Gasteiger partial charge in [0.2, 0.25) is 5.91 Å². The highest BCUT2D eigenvalue weighted by molar-refractivity contribution is 6.30. The van der Waals surface area contributed by atoms with Crippen molar-refractivity contribution >= 4 is 29.1 Å². The number of carbonyl (C=O) groups excluding carboxylic acids is 2. The number of imide groups is 1. The van der Waals surface area contributed by atoms with Crippen molar-refractivity contribution in [1.82, 2.24) is 5.32 Å². The zero-order chi connectivity index (χ0) is 20.8. The summed E-state index contributed by atoms with van der Waals surface area (Å²) in [5.41, 5.74) is 1.61. The maximum atomic E-state index is 12.7. The summed E-state index contributed by atoms with van der Waals surface area (Å²) >= 11 is 5.89. The highest BCUT2D eigenvalue weighted by Crippen LogP contribution is 2.29. The first-order valence-electron chi connectivity index (χ1n) is 9.77. The van der Waals surface area contributed by atoms with Crippen molar-refractivity contribution in [2.45, 2.75) is 32.7 Å². The van der Waals surface area contributed by atoms with Crippen molar-refractivity contribution in [2.24, 2.45) is 0 Å². The van der Waals surface area contributed by atoms with Crippen LogP contribution in [0, 0.1) is 0 Å². The third-order valence-electron chi connectivity index (χ3n) is 4.64. The van der Waals surface area contributed by atoms with Crippen LogP contribution in [0.25, 0.3) is 0 Å². The van der Waals surface area contributed by atoms with E-state index in [-0.39, 0.29) is 18.2 Å². The van der Waals surface area contributed by atoms with Crippen molar-refractivity contribution < 1.29 is 19.1 Å². The van der Waals surface area contributed by atoms with Crippen LogP contribution in [0.1, 0.15) is 25.8 Å². The Hall–Kier alpha value is -2.57. The lowest BCUT2D eigenvalue weighted by molar-refractivity contribution is -0.121. The highest BCUT2D eigenvalue weighted by atomic mass is 35.5. The van der Waals surface area contributed by atoms with E-state index in [0.717, 1.165) is 11.3 Å². The number of carbonyl (C=O) groups is 2. The van der Waals surface area contributed by atoms with Crippen LogP contribution in [0.5, 0.6) is 11.5 Å². The second-order valence-corrected chi connectivity index (χ2v) is 7.09. The third-order valence-corrected chi connectivity index (χ3v) is 4.90. The second kappa shape index (κ2) is 9.76. The van der Waals surface area contributed by atoms with Crippen LogP contribution in [0.4, 0.5) is 5.69 Å². The number of hydrogen-bond acceptors (Lipinski definition) is 5. The van der Waals surface area contributed by atoms with E-state index in [1.807, 2.05) is 32.0 Å². The Morgan fingerprint density at radius 3 is 2.41 bits per heavy atom. The molecule has 0 saturated carbocycles. The van der Waals surface area contributed by atoms with Crippen LogP contribution in [0.2, 0.25) is 5.02 Å². The number of nitrogens with one attached hydrogen (secondary N) is 1. The number of amides is 2. The fourth-order valence-corrected chi connectivity index (χ4v) is 3.42. The van der Waals surface area contributed by atoms with Gasteiger partial charge in [0.1, 0.15) is 0 Å². The van der Waals surface area contributed by atoms with Crippen molar-refractivity contribution in [2.75, 3.05) is 24.7 Å². The molecule has 6 nitrogen and oxygen atoms in total. The van der Waals surface area contributed by atoms with E-state index in [1.54, 1.807) is 24.3 Å². The first kappa shape index (κ1) is 21.1. The lowest BCUT2D eigenvalue weighted by Gasteiger charge is -2.16. The fraction of sp³-hybridized carbons (Fsp3) is 0.364. The van der Waals surface area contributed by atoms with Crippen molar-refractivity contribution in [3.63, 3.8) is 0 Å². The Balaban J connectivity index is 1.59. The van der Waals surface area contributed by atoms with Crippen LogP contribution in [0.3, 0.4) is 0 Å². The molecule has 2 aromatic carbocycles. The standard InChI is InChI=1S/C22H25ClN2O4/c1-3-28-19-10-5-15(13-20(19)29-4-2)11-12-24-18-14-21(26)25(22(18)27)17-8-6-16(23)7-9-17/h5-10,13,18,24H,3-4,11-12,14H2,1-2H3. The smallest absolute Gasteiger partial charge is 0.251 e. The normalized spacial score (nSPS) is 16.4. The molecule has 154 valence electrons. The molecule has 7 heteroatoms. The molecule has 2 aromatic rings. The molecule has 0 aromatic heterocycles. The number of benzene rings is 2.